The highest BCUT2D eigenvalue weighted by Crippen LogP contribution is 2.27. The van der Waals surface area contributed by atoms with Gasteiger partial charge in [0.1, 0.15) is 5.82 Å². The zero-order valence-corrected chi connectivity index (χ0v) is 11.6. The van der Waals surface area contributed by atoms with Gasteiger partial charge in [0.05, 0.1) is 5.54 Å². The Morgan fingerprint density at radius 3 is 2.65 bits per heavy atom. The van der Waals surface area contributed by atoms with Crippen molar-refractivity contribution < 1.29 is 4.39 Å². The molecule has 3 heteroatoms. The summed E-state index contributed by atoms with van der Waals surface area (Å²) in [5.74, 6) is -0.178. The lowest BCUT2D eigenvalue weighted by Gasteiger charge is -2.43. The molecule has 0 saturated carbocycles. The molecule has 0 amide bonds. The monoisotopic (exact) mass is 270 g/mol. The van der Waals surface area contributed by atoms with Crippen LogP contribution in [0.3, 0.4) is 0 Å². The standard InChI is InChI=1S/C17H19FN2/c1-17(14-6-3-2-4-7-14)13-20(11-10-19-17)16-9-5-8-15(18)12-16/h2-9,12,19H,10-11,13H2,1H3. The quantitative estimate of drug-likeness (QED) is 0.902. The lowest BCUT2D eigenvalue weighted by molar-refractivity contribution is 0.332. The van der Waals surface area contributed by atoms with Gasteiger partial charge in [-0.2, -0.15) is 0 Å². The van der Waals surface area contributed by atoms with Crippen LogP contribution in [0.25, 0.3) is 0 Å². The van der Waals surface area contributed by atoms with Crippen LogP contribution in [-0.4, -0.2) is 19.6 Å². The Kier molecular flexibility index (Phi) is 3.45. The number of hydrogen-bond acceptors (Lipinski definition) is 2. The summed E-state index contributed by atoms with van der Waals surface area (Å²) in [7, 11) is 0. The van der Waals surface area contributed by atoms with E-state index >= 15 is 0 Å². The van der Waals surface area contributed by atoms with Crippen LogP contribution in [-0.2, 0) is 5.54 Å². The van der Waals surface area contributed by atoms with Gasteiger partial charge in [0.2, 0.25) is 0 Å². The maximum absolute atomic E-state index is 13.4. The number of nitrogens with zero attached hydrogens (tertiary/aromatic N) is 1. The Bertz CT molecular complexity index is 585. The van der Waals surface area contributed by atoms with Gasteiger partial charge in [-0.1, -0.05) is 36.4 Å². The molecule has 2 aromatic rings. The Labute approximate surface area is 119 Å². The molecule has 1 saturated heterocycles. The number of halogens is 1. The van der Waals surface area contributed by atoms with E-state index in [9.17, 15) is 4.39 Å². The molecule has 1 fully saturated rings. The molecule has 2 nitrogen and oxygen atoms in total. The summed E-state index contributed by atoms with van der Waals surface area (Å²) in [6, 6.07) is 17.3. The minimum Gasteiger partial charge on any atom is -0.368 e. The normalized spacial score (nSPS) is 22.8. The van der Waals surface area contributed by atoms with Gasteiger partial charge in [-0.15, -0.1) is 0 Å². The first-order valence-corrected chi connectivity index (χ1v) is 6.98. The van der Waals surface area contributed by atoms with Crippen LogP contribution >= 0.6 is 0 Å². The van der Waals surface area contributed by atoms with E-state index in [0.717, 1.165) is 25.3 Å². The second-order valence-electron chi connectivity index (χ2n) is 5.53. The van der Waals surface area contributed by atoms with Gasteiger partial charge in [0, 0.05) is 25.3 Å². The molecule has 0 radical (unpaired) electrons. The molecule has 1 unspecified atom stereocenters. The van der Waals surface area contributed by atoms with Crippen molar-refractivity contribution >= 4 is 5.69 Å². The minimum atomic E-state index is -0.178. The highest BCUT2D eigenvalue weighted by Gasteiger charge is 2.32. The van der Waals surface area contributed by atoms with Gasteiger partial charge >= 0.3 is 0 Å². The molecule has 0 bridgehead atoms. The molecule has 1 aliphatic rings. The predicted octanol–water partition coefficient (Wildman–Crippen LogP) is 3.15. The molecule has 1 atom stereocenters. The Morgan fingerprint density at radius 2 is 1.90 bits per heavy atom. The molecule has 2 aromatic carbocycles. The Morgan fingerprint density at radius 1 is 1.10 bits per heavy atom. The maximum Gasteiger partial charge on any atom is 0.125 e. The van der Waals surface area contributed by atoms with E-state index < -0.39 is 0 Å². The predicted molar refractivity (Wildman–Crippen MR) is 80.4 cm³/mol. The van der Waals surface area contributed by atoms with Gasteiger partial charge in [-0.3, -0.25) is 0 Å². The van der Waals surface area contributed by atoms with E-state index in [1.165, 1.54) is 11.6 Å². The van der Waals surface area contributed by atoms with E-state index in [2.05, 4.69) is 41.4 Å². The Hall–Kier alpha value is -1.87. The summed E-state index contributed by atoms with van der Waals surface area (Å²) >= 11 is 0. The summed E-state index contributed by atoms with van der Waals surface area (Å²) in [5.41, 5.74) is 2.11. The highest BCUT2D eigenvalue weighted by molar-refractivity contribution is 5.48. The molecule has 0 aliphatic carbocycles. The molecular weight excluding hydrogens is 251 g/mol. The average molecular weight is 270 g/mol. The van der Waals surface area contributed by atoms with Crippen molar-refractivity contribution in [2.75, 3.05) is 24.5 Å². The van der Waals surface area contributed by atoms with Crippen LogP contribution in [0.15, 0.2) is 54.6 Å². The lowest BCUT2D eigenvalue weighted by atomic mass is 9.89. The average Bonchev–Trinajstić information content (AvgIpc) is 2.48. The number of benzene rings is 2. The van der Waals surface area contributed by atoms with Gasteiger partial charge in [0.25, 0.3) is 0 Å². The summed E-state index contributed by atoms with van der Waals surface area (Å²) in [6.45, 7) is 4.82. The molecule has 0 aromatic heterocycles. The first-order chi connectivity index (χ1) is 9.67. The van der Waals surface area contributed by atoms with Gasteiger partial charge in [-0.05, 0) is 30.7 Å². The van der Waals surface area contributed by atoms with Crippen molar-refractivity contribution in [3.8, 4) is 0 Å². The van der Waals surface area contributed by atoms with Crippen LogP contribution in [0.2, 0.25) is 0 Å². The van der Waals surface area contributed by atoms with E-state index in [0.29, 0.717) is 0 Å². The van der Waals surface area contributed by atoms with E-state index in [1.807, 2.05) is 12.1 Å². The lowest BCUT2D eigenvalue weighted by Crippen LogP contribution is -2.56. The molecule has 20 heavy (non-hydrogen) atoms. The number of rotatable bonds is 2. The summed E-state index contributed by atoms with van der Waals surface area (Å²) in [5, 5.41) is 3.59. The third kappa shape index (κ3) is 2.54. The van der Waals surface area contributed by atoms with Crippen molar-refractivity contribution in [2.45, 2.75) is 12.5 Å². The summed E-state index contributed by atoms with van der Waals surface area (Å²) in [4.78, 5) is 2.24. The molecule has 1 N–H and O–H groups in total. The maximum atomic E-state index is 13.4. The molecule has 104 valence electrons. The Balaban J connectivity index is 1.87. The van der Waals surface area contributed by atoms with Crippen LogP contribution < -0.4 is 10.2 Å². The van der Waals surface area contributed by atoms with Gasteiger partial charge in [0.15, 0.2) is 0 Å². The number of nitrogens with one attached hydrogen (secondary N) is 1. The molecule has 1 aliphatic heterocycles. The van der Waals surface area contributed by atoms with E-state index in [4.69, 9.17) is 0 Å². The number of piperazine rings is 1. The summed E-state index contributed by atoms with van der Waals surface area (Å²) < 4.78 is 13.4. The topological polar surface area (TPSA) is 15.3 Å². The molecule has 1 heterocycles. The second kappa shape index (κ2) is 5.25. The number of hydrogen-bond donors (Lipinski definition) is 1. The SMILES string of the molecule is CC1(c2ccccc2)CN(c2cccc(F)c2)CCN1. The zero-order chi connectivity index (χ0) is 14.0. The fraction of sp³-hybridized carbons (Fsp3) is 0.294. The van der Waals surface area contributed by atoms with Crippen molar-refractivity contribution in [1.29, 1.82) is 0 Å². The van der Waals surface area contributed by atoms with E-state index in [-0.39, 0.29) is 11.4 Å². The highest BCUT2D eigenvalue weighted by atomic mass is 19.1. The van der Waals surface area contributed by atoms with Crippen LogP contribution in [0, 0.1) is 5.82 Å². The van der Waals surface area contributed by atoms with Crippen LogP contribution in [0.5, 0.6) is 0 Å². The van der Waals surface area contributed by atoms with Crippen molar-refractivity contribution in [2.24, 2.45) is 0 Å². The second-order valence-corrected chi connectivity index (χ2v) is 5.53. The fourth-order valence-electron chi connectivity index (χ4n) is 2.88. The van der Waals surface area contributed by atoms with Gasteiger partial charge in [-0.25, -0.2) is 4.39 Å². The third-order valence-corrected chi connectivity index (χ3v) is 3.99. The third-order valence-electron chi connectivity index (χ3n) is 3.99. The molecular formula is C17H19FN2. The van der Waals surface area contributed by atoms with Crippen molar-refractivity contribution in [3.63, 3.8) is 0 Å². The van der Waals surface area contributed by atoms with Gasteiger partial charge < -0.3 is 10.2 Å². The van der Waals surface area contributed by atoms with E-state index in [1.54, 1.807) is 12.1 Å². The number of anilines is 1. The minimum absolute atomic E-state index is 0.105. The molecule has 3 rings (SSSR count). The zero-order valence-electron chi connectivity index (χ0n) is 11.6. The summed E-state index contributed by atoms with van der Waals surface area (Å²) in [6.07, 6.45) is 0. The molecule has 0 spiro atoms. The van der Waals surface area contributed by atoms with Crippen LogP contribution in [0.1, 0.15) is 12.5 Å². The van der Waals surface area contributed by atoms with Crippen LogP contribution in [0.4, 0.5) is 10.1 Å². The smallest absolute Gasteiger partial charge is 0.125 e. The first-order valence-electron chi connectivity index (χ1n) is 6.98. The van der Waals surface area contributed by atoms with Crippen molar-refractivity contribution in [3.05, 3.63) is 66.0 Å². The first kappa shape index (κ1) is 13.1. The fourth-order valence-corrected chi connectivity index (χ4v) is 2.88. The largest absolute Gasteiger partial charge is 0.368 e. The van der Waals surface area contributed by atoms with Crippen molar-refractivity contribution in [1.82, 2.24) is 5.32 Å².